The maximum atomic E-state index is 9.94. The molecule has 2 unspecified atom stereocenters. The van der Waals surface area contributed by atoms with Crippen molar-refractivity contribution < 1.29 is 5.11 Å². The molecule has 0 aromatic heterocycles. The van der Waals surface area contributed by atoms with Crippen molar-refractivity contribution in [2.75, 3.05) is 0 Å². The van der Waals surface area contributed by atoms with Gasteiger partial charge in [0.05, 0.1) is 5.60 Å². The van der Waals surface area contributed by atoms with Crippen LogP contribution in [0.1, 0.15) is 80.1 Å². The van der Waals surface area contributed by atoms with E-state index in [0.29, 0.717) is 5.41 Å². The lowest BCUT2D eigenvalue weighted by Crippen LogP contribution is -2.39. The van der Waals surface area contributed by atoms with E-state index >= 15 is 0 Å². The van der Waals surface area contributed by atoms with E-state index in [1.807, 2.05) is 50.2 Å². The second-order valence-corrected chi connectivity index (χ2v) is 9.40. The fourth-order valence-corrected chi connectivity index (χ4v) is 3.60. The molecule has 1 N–H and O–H groups in total. The molecule has 0 heterocycles. The van der Waals surface area contributed by atoms with Crippen molar-refractivity contribution in [2.24, 2.45) is 16.7 Å². The number of benzene rings is 1. The van der Waals surface area contributed by atoms with Crippen LogP contribution in [-0.2, 0) is 0 Å². The average Bonchev–Trinajstić information content (AvgIpc) is 3.17. The lowest BCUT2D eigenvalue weighted by Gasteiger charge is -2.36. The molecule has 1 aromatic carbocycles. The van der Waals surface area contributed by atoms with Gasteiger partial charge >= 0.3 is 0 Å². The molecule has 3 rings (SSSR count). The third-order valence-corrected chi connectivity index (χ3v) is 5.44. The Kier molecular flexibility index (Phi) is 8.41. The van der Waals surface area contributed by atoms with Crippen LogP contribution in [0, 0.1) is 16.7 Å². The van der Waals surface area contributed by atoms with Crippen molar-refractivity contribution in [1.82, 2.24) is 0 Å². The zero-order valence-corrected chi connectivity index (χ0v) is 17.4. The minimum absolute atomic E-state index is 0.123. The van der Waals surface area contributed by atoms with Crippen LogP contribution in [0.15, 0.2) is 48.6 Å². The van der Waals surface area contributed by atoms with E-state index in [0.717, 1.165) is 5.92 Å². The van der Waals surface area contributed by atoms with Gasteiger partial charge in [-0.15, -0.1) is 0 Å². The zero-order valence-electron chi connectivity index (χ0n) is 17.4. The van der Waals surface area contributed by atoms with Gasteiger partial charge in [0.25, 0.3) is 0 Å². The summed E-state index contributed by atoms with van der Waals surface area (Å²) < 4.78 is 0. The Balaban J connectivity index is 0.000000198. The topological polar surface area (TPSA) is 20.2 Å². The van der Waals surface area contributed by atoms with Gasteiger partial charge in [-0.3, -0.25) is 0 Å². The molecule has 0 saturated heterocycles. The van der Waals surface area contributed by atoms with E-state index in [1.54, 1.807) is 0 Å². The second kappa shape index (κ2) is 9.57. The maximum absolute atomic E-state index is 9.94. The Hall–Kier alpha value is -1.08. The molecule has 142 valence electrons. The molecule has 2 bridgehead atoms. The van der Waals surface area contributed by atoms with Crippen molar-refractivity contribution in [3.8, 4) is 0 Å². The molecule has 1 aromatic rings. The fraction of sp³-hybridized carbons (Fsp3) is 0.667. The molecular formula is C24H40O. The van der Waals surface area contributed by atoms with Crippen LogP contribution < -0.4 is 0 Å². The average molecular weight is 345 g/mol. The molecule has 2 aliphatic rings. The molecule has 0 spiro atoms. The minimum Gasteiger partial charge on any atom is -0.390 e. The lowest BCUT2D eigenvalue weighted by molar-refractivity contribution is -0.0220. The number of aliphatic hydroxyl groups is 1. The summed E-state index contributed by atoms with van der Waals surface area (Å²) in [5.41, 5.74) is 0.155. The highest BCUT2D eigenvalue weighted by molar-refractivity contribution is 5.20. The molecular weight excluding hydrogens is 304 g/mol. The Morgan fingerprint density at radius 2 is 1.48 bits per heavy atom. The summed E-state index contributed by atoms with van der Waals surface area (Å²) in [5.74, 6) is 0.765. The predicted octanol–water partition coefficient (Wildman–Crippen LogP) is 7.02. The van der Waals surface area contributed by atoms with E-state index < -0.39 is 5.60 Å². The standard InChI is InChI=1S/C10H16O.C8H18.C6H6/c1-9(2,11)10-5-3-8(7-10)4-6-10;1-5-6-7-8(2,3)4;1-2-4-6-5-3-1/h3,5,8,11H,4,6-7H2,1-2H3;5-7H2,1-4H3;1-6H. The molecule has 1 heteroatoms. The molecule has 0 aliphatic heterocycles. The molecule has 25 heavy (non-hydrogen) atoms. The van der Waals surface area contributed by atoms with Crippen LogP contribution >= 0.6 is 0 Å². The third-order valence-electron chi connectivity index (χ3n) is 5.44. The van der Waals surface area contributed by atoms with Crippen LogP contribution in [0.5, 0.6) is 0 Å². The first-order valence-electron chi connectivity index (χ1n) is 10.0. The monoisotopic (exact) mass is 344 g/mol. The van der Waals surface area contributed by atoms with E-state index in [2.05, 4.69) is 39.8 Å². The van der Waals surface area contributed by atoms with E-state index in [9.17, 15) is 5.11 Å². The van der Waals surface area contributed by atoms with Crippen molar-refractivity contribution in [1.29, 1.82) is 0 Å². The Morgan fingerprint density at radius 1 is 0.960 bits per heavy atom. The number of unbranched alkanes of at least 4 members (excludes halogenated alkanes) is 1. The highest BCUT2D eigenvalue weighted by Crippen LogP contribution is 2.54. The largest absolute Gasteiger partial charge is 0.390 e. The van der Waals surface area contributed by atoms with Gasteiger partial charge in [0.1, 0.15) is 0 Å². The van der Waals surface area contributed by atoms with Crippen molar-refractivity contribution in [3.63, 3.8) is 0 Å². The molecule has 1 fully saturated rings. The molecule has 0 amide bonds. The fourth-order valence-electron chi connectivity index (χ4n) is 3.60. The number of hydrogen-bond donors (Lipinski definition) is 1. The summed E-state index contributed by atoms with van der Waals surface area (Å²) in [6.45, 7) is 13.0. The Morgan fingerprint density at radius 3 is 1.64 bits per heavy atom. The third kappa shape index (κ3) is 7.77. The van der Waals surface area contributed by atoms with Gasteiger partial charge in [0.15, 0.2) is 0 Å². The number of rotatable bonds is 3. The molecule has 2 atom stereocenters. The Labute approximate surface area is 156 Å². The van der Waals surface area contributed by atoms with Crippen LogP contribution in [-0.4, -0.2) is 10.7 Å². The summed E-state index contributed by atoms with van der Waals surface area (Å²) in [7, 11) is 0. The van der Waals surface area contributed by atoms with E-state index in [-0.39, 0.29) is 5.41 Å². The number of allylic oxidation sites excluding steroid dienone is 1. The summed E-state index contributed by atoms with van der Waals surface area (Å²) in [6.07, 6.45) is 12.2. The van der Waals surface area contributed by atoms with Crippen LogP contribution in [0.25, 0.3) is 0 Å². The maximum Gasteiger partial charge on any atom is 0.0682 e. The first-order chi connectivity index (χ1) is 11.6. The van der Waals surface area contributed by atoms with Gasteiger partial charge in [-0.05, 0) is 50.9 Å². The summed E-state index contributed by atoms with van der Waals surface area (Å²) >= 11 is 0. The van der Waals surface area contributed by atoms with Crippen molar-refractivity contribution in [2.45, 2.75) is 85.7 Å². The molecule has 2 aliphatic carbocycles. The normalized spacial score (nSPS) is 24.2. The van der Waals surface area contributed by atoms with Crippen LogP contribution in [0.2, 0.25) is 0 Å². The first kappa shape index (κ1) is 22.0. The van der Waals surface area contributed by atoms with Gasteiger partial charge in [-0.25, -0.2) is 0 Å². The van der Waals surface area contributed by atoms with Gasteiger partial charge in [0.2, 0.25) is 0 Å². The molecule has 1 saturated carbocycles. The van der Waals surface area contributed by atoms with Crippen molar-refractivity contribution >= 4 is 0 Å². The number of fused-ring (bicyclic) bond motifs is 2. The van der Waals surface area contributed by atoms with Crippen LogP contribution in [0.3, 0.4) is 0 Å². The van der Waals surface area contributed by atoms with E-state index in [1.165, 1.54) is 38.5 Å². The zero-order chi connectivity index (χ0) is 19.0. The van der Waals surface area contributed by atoms with Gasteiger partial charge in [-0.1, -0.05) is 89.1 Å². The lowest BCUT2D eigenvalue weighted by atomic mass is 9.73. The summed E-state index contributed by atoms with van der Waals surface area (Å²) in [6, 6.07) is 12.0. The molecule has 0 radical (unpaired) electrons. The van der Waals surface area contributed by atoms with E-state index in [4.69, 9.17) is 0 Å². The molecule has 1 nitrogen and oxygen atoms in total. The SMILES string of the molecule is CC(C)(O)C12C=CC(CC1)C2.CCCCC(C)(C)C.c1ccccc1. The quantitative estimate of drug-likeness (QED) is 0.584. The van der Waals surface area contributed by atoms with Gasteiger partial charge in [0, 0.05) is 5.41 Å². The minimum atomic E-state index is -0.519. The summed E-state index contributed by atoms with van der Waals surface area (Å²) in [5, 5.41) is 9.94. The van der Waals surface area contributed by atoms with Crippen molar-refractivity contribution in [3.05, 3.63) is 48.6 Å². The number of hydrogen-bond acceptors (Lipinski definition) is 1. The summed E-state index contributed by atoms with van der Waals surface area (Å²) in [4.78, 5) is 0. The van der Waals surface area contributed by atoms with Gasteiger partial charge in [-0.2, -0.15) is 0 Å². The smallest absolute Gasteiger partial charge is 0.0682 e. The highest BCUT2D eigenvalue weighted by Gasteiger charge is 2.49. The van der Waals surface area contributed by atoms with Gasteiger partial charge < -0.3 is 5.11 Å². The Bertz CT molecular complexity index is 462. The van der Waals surface area contributed by atoms with Crippen LogP contribution in [0.4, 0.5) is 0 Å². The second-order valence-electron chi connectivity index (χ2n) is 9.40. The predicted molar refractivity (Wildman–Crippen MR) is 111 cm³/mol. The first-order valence-corrected chi connectivity index (χ1v) is 10.0. The highest BCUT2D eigenvalue weighted by atomic mass is 16.3.